The second-order valence-corrected chi connectivity index (χ2v) is 4.73. The van der Waals surface area contributed by atoms with Crippen LogP contribution in [0.3, 0.4) is 0 Å². The summed E-state index contributed by atoms with van der Waals surface area (Å²) in [6, 6.07) is 8.70. The summed E-state index contributed by atoms with van der Waals surface area (Å²) < 4.78 is 50.6. The monoisotopic (exact) mass is 298 g/mol. The summed E-state index contributed by atoms with van der Waals surface area (Å²) in [6.07, 6.45) is -4.40. The number of hydrogen-bond acceptors (Lipinski definition) is 2. The van der Waals surface area contributed by atoms with Crippen molar-refractivity contribution >= 4 is 0 Å². The number of halogens is 4. The molecule has 0 aliphatic heterocycles. The second kappa shape index (κ2) is 5.83. The molecule has 2 rings (SSSR count). The van der Waals surface area contributed by atoms with Gasteiger partial charge in [-0.05, 0) is 35.4 Å². The molecule has 112 valence electrons. The molecule has 2 atom stereocenters. The summed E-state index contributed by atoms with van der Waals surface area (Å²) in [6.45, 7) is 0. The van der Waals surface area contributed by atoms with Crippen molar-refractivity contribution in [3.8, 4) is 0 Å². The van der Waals surface area contributed by atoms with Gasteiger partial charge >= 0.3 is 6.18 Å². The van der Waals surface area contributed by atoms with Crippen molar-refractivity contribution in [2.45, 2.75) is 18.3 Å². The van der Waals surface area contributed by atoms with E-state index in [0.717, 1.165) is 12.1 Å². The molecule has 0 heterocycles. The van der Waals surface area contributed by atoms with Crippen molar-refractivity contribution in [1.82, 2.24) is 0 Å². The highest BCUT2D eigenvalue weighted by molar-refractivity contribution is 5.30. The molecule has 0 aromatic heterocycles. The quantitative estimate of drug-likeness (QED) is 0.852. The SMILES string of the molecule is NC(c1ccc(C(F)(F)F)cc1)C(N)c1cccc(F)c1. The summed E-state index contributed by atoms with van der Waals surface area (Å²) in [5, 5.41) is 0. The average molecular weight is 298 g/mol. The minimum absolute atomic E-state index is 0.442. The van der Waals surface area contributed by atoms with Crippen LogP contribution in [-0.2, 0) is 6.18 Å². The van der Waals surface area contributed by atoms with Gasteiger partial charge in [-0.15, -0.1) is 0 Å². The van der Waals surface area contributed by atoms with E-state index in [1.165, 1.54) is 30.3 Å². The lowest BCUT2D eigenvalue weighted by Crippen LogP contribution is -2.26. The highest BCUT2D eigenvalue weighted by atomic mass is 19.4. The first-order valence-corrected chi connectivity index (χ1v) is 6.23. The van der Waals surface area contributed by atoms with Crippen LogP contribution < -0.4 is 11.5 Å². The Bertz CT molecular complexity index is 608. The maximum Gasteiger partial charge on any atom is 0.416 e. The van der Waals surface area contributed by atoms with Gasteiger partial charge in [-0.2, -0.15) is 13.2 Å². The molecule has 0 amide bonds. The van der Waals surface area contributed by atoms with Gasteiger partial charge in [0.05, 0.1) is 5.56 Å². The number of nitrogens with two attached hydrogens (primary N) is 2. The highest BCUT2D eigenvalue weighted by Gasteiger charge is 2.30. The van der Waals surface area contributed by atoms with E-state index in [-0.39, 0.29) is 0 Å². The van der Waals surface area contributed by atoms with Gasteiger partial charge < -0.3 is 11.5 Å². The lowest BCUT2D eigenvalue weighted by molar-refractivity contribution is -0.137. The zero-order chi connectivity index (χ0) is 15.6. The van der Waals surface area contributed by atoms with E-state index in [1.807, 2.05) is 0 Å². The molecule has 2 aromatic carbocycles. The molecule has 0 radical (unpaired) electrons. The molecule has 0 spiro atoms. The number of benzene rings is 2. The fourth-order valence-electron chi connectivity index (χ4n) is 2.02. The standard InChI is InChI=1S/C15H14F4N2/c16-12-3-1-2-10(8-12)14(21)13(20)9-4-6-11(7-5-9)15(17,18)19/h1-8,13-14H,20-21H2. The van der Waals surface area contributed by atoms with Gasteiger partial charge in [0.2, 0.25) is 0 Å². The van der Waals surface area contributed by atoms with Crippen LogP contribution in [0, 0.1) is 5.82 Å². The molecule has 2 unspecified atom stereocenters. The summed E-state index contributed by atoms with van der Waals surface area (Å²) in [5.74, 6) is -0.442. The topological polar surface area (TPSA) is 52.0 Å². The maximum atomic E-state index is 13.2. The Balaban J connectivity index is 2.21. The van der Waals surface area contributed by atoms with Crippen molar-refractivity contribution in [2.24, 2.45) is 11.5 Å². The molecule has 21 heavy (non-hydrogen) atoms. The lowest BCUT2D eigenvalue weighted by Gasteiger charge is -2.21. The Labute approximate surface area is 119 Å². The Hall–Kier alpha value is -1.92. The highest BCUT2D eigenvalue weighted by Crippen LogP contribution is 2.31. The third kappa shape index (κ3) is 3.59. The van der Waals surface area contributed by atoms with Crippen molar-refractivity contribution in [3.63, 3.8) is 0 Å². The molecule has 2 aromatic rings. The molecule has 0 aliphatic rings. The largest absolute Gasteiger partial charge is 0.416 e. The summed E-state index contributed by atoms with van der Waals surface area (Å²) in [5.41, 5.74) is 12.1. The van der Waals surface area contributed by atoms with Gasteiger partial charge in [0.1, 0.15) is 5.82 Å². The van der Waals surface area contributed by atoms with Crippen LogP contribution in [0.2, 0.25) is 0 Å². The molecule has 0 aliphatic carbocycles. The average Bonchev–Trinajstić information content (AvgIpc) is 2.45. The fraction of sp³-hybridized carbons (Fsp3) is 0.200. The van der Waals surface area contributed by atoms with Crippen LogP contribution in [0.1, 0.15) is 28.8 Å². The predicted octanol–water partition coefficient (Wildman–Crippen LogP) is 3.54. The van der Waals surface area contributed by atoms with Gasteiger partial charge in [0.15, 0.2) is 0 Å². The van der Waals surface area contributed by atoms with Crippen molar-refractivity contribution < 1.29 is 17.6 Å². The molecule has 6 heteroatoms. The van der Waals surface area contributed by atoms with Gasteiger partial charge in [-0.1, -0.05) is 24.3 Å². The zero-order valence-electron chi connectivity index (χ0n) is 10.9. The first-order valence-electron chi connectivity index (χ1n) is 6.23. The van der Waals surface area contributed by atoms with Gasteiger partial charge in [-0.25, -0.2) is 4.39 Å². The number of rotatable bonds is 3. The third-order valence-electron chi connectivity index (χ3n) is 3.24. The normalized spacial score (nSPS) is 14.8. The maximum absolute atomic E-state index is 13.2. The second-order valence-electron chi connectivity index (χ2n) is 4.73. The van der Waals surface area contributed by atoms with E-state index in [0.29, 0.717) is 11.1 Å². The van der Waals surface area contributed by atoms with Crippen molar-refractivity contribution in [2.75, 3.05) is 0 Å². The molecular formula is C15H14F4N2. The Morgan fingerprint density at radius 2 is 1.38 bits per heavy atom. The van der Waals surface area contributed by atoms with Crippen LogP contribution >= 0.6 is 0 Å². The summed E-state index contributed by atoms with van der Waals surface area (Å²) in [4.78, 5) is 0. The van der Waals surface area contributed by atoms with Crippen LogP contribution in [0.15, 0.2) is 48.5 Å². The van der Waals surface area contributed by atoms with E-state index in [2.05, 4.69) is 0 Å². The third-order valence-corrected chi connectivity index (χ3v) is 3.24. The first-order chi connectivity index (χ1) is 9.79. The van der Waals surface area contributed by atoms with Gasteiger partial charge in [0.25, 0.3) is 0 Å². The van der Waals surface area contributed by atoms with E-state index in [1.54, 1.807) is 6.07 Å². The van der Waals surface area contributed by atoms with Gasteiger partial charge in [0, 0.05) is 12.1 Å². The molecule has 0 saturated carbocycles. The molecule has 0 bridgehead atoms. The molecule has 0 saturated heterocycles. The number of alkyl halides is 3. The number of hydrogen-bond donors (Lipinski definition) is 2. The van der Waals surface area contributed by atoms with E-state index in [9.17, 15) is 17.6 Å². The van der Waals surface area contributed by atoms with E-state index >= 15 is 0 Å². The van der Waals surface area contributed by atoms with Crippen LogP contribution in [0.4, 0.5) is 17.6 Å². The minimum Gasteiger partial charge on any atom is -0.322 e. The fourth-order valence-corrected chi connectivity index (χ4v) is 2.02. The Kier molecular flexibility index (Phi) is 4.29. The minimum atomic E-state index is -4.40. The Morgan fingerprint density at radius 1 is 0.810 bits per heavy atom. The van der Waals surface area contributed by atoms with Gasteiger partial charge in [-0.3, -0.25) is 0 Å². The van der Waals surface area contributed by atoms with Crippen LogP contribution in [0.25, 0.3) is 0 Å². The van der Waals surface area contributed by atoms with Crippen molar-refractivity contribution in [1.29, 1.82) is 0 Å². The van der Waals surface area contributed by atoms with Crippen LogP contribution in [-0.4, -0.2) is 0 Å². The molecule has 2 nitrogen and oxygen atoms in total. The first kappa shape index (κ1) is 15.5. The predicted molar refractivity (Wildman–Crippen MR) is 71.7 cm³/mol. The molecule has 4 N–H and O–H groups in total. The van der Waals surface area contributed by atoms with E-state index in [4.69, 9.17) is 11.5 Å². The summed E-state index contributed by atoms with van der Waals surface area (Å²) >= 11 is 0. The zero-order valence-corrected chi connectivity index (χ0v) is 10.9. The lowest BCUT2D eigenvalue weighted by atomic mass is 9.94. The van der Waals surface area contributed by atoms with E-state index < -0.39 is 29.6 Å². The molecular weight excluding hydrogens is 284 g/mol. The smallest absolute Gasteiger partial charge is 0.322 e. The van der Waals surface area contributed by atoms with Crippen LogP contribution in [0.5, 0.6) is 0 Å². The Morgan fingerprint density at radius 3 is 1.90 bits per heavy atom. The summed E-state index contributed by atoms with van der Waals surface area (Å²) in [7, 11) is 0. The molecule has 0 fully saturated rings. The van der Waals surface area contributed by atoms with Crippen molar-refractivity contribution in [3.05, 3.63) is 71.0 Å².